The first-order chi connectivity index (χ1) is 12.1. The van der Waals surface area contributed by atoms with E-state index >= 15 is 0 Å². The van der Waals surface area contributed by atoms with Gasteiger partial charge in [0.2, 0.25) is 0 Å². The van der Waals surface area contributed by atoms with Gasteiger partial charge in [-0.1, -0.05) is 48.5 Å². The minimum atomic E-state index is -1.14. The molecule has 2 N–H and O–H groups in total. The van der Waals surface area contributed by atoms with Gasteiger partial charge in [0, 0.05) is 17.3 Å². The normalized spacial score (nSPS) is 10.2. The van der Waals surface area contributed by atoms with Gasteiger partial charge in [-0.25, -0.2) is 4.79 Å². The summed E-state index contributed by atoms with van der Waals surface area (Å²) in [6.07, 6.45) is 0. The monoisotopic (exact) mass is 334 g/mol. The van der Waals surface area contributed by atoms with Crippen LogP contribution in [0, 0.1) is 10.1 Å². The number of hydrogen-bond donors (Lipinski definition) is 2. The number of nitro benzene ring substituents is 1. The zero-order chi connectivity index (χ0) is 17.8. The van der Waals surface area contributed by atoms with Crippen molar-refractivity contribution >= 4 is 23.0 Å². The first-order valence-corrected chi connectivity index (χ1v) is 7.49. The molecule has 0 amide bonds. The second-order valence-electron chi connectivity index (χ2n) is 5.33. The number of carboxylic acids is 1. The molecule has 0 unspecified atom stereocenters. The summed E-state index contributed by atoms with van der Waals surface area (Å²) in [7, 11) is 0. The average Bonchev–Trinajstić information content (AvgIpc) is 2.62. The third-order valence-corrected chi connectivity index (χ3v) is 3.72. The summed E-state index contributed by atoms with van der Waals surface area (Å²) in [5.74, 6) is -1.14. The van der Waals surface area contributed by atoms with E-state index in [4.69, 9.17) is 5.11 Å². The highest BCUT2D eigenvalue weighted by Gasteiger charge is 2.17. The summed E-state index contributed by atoms with van der Waals surface area (Å²) in [5.41, 5.74) is 2.38. The van der Waals surface area contributed by atoms with Crippen LogP contribution in [-0.2, 0) is 0 Å². The van der Waals surface area contributed by atoms with Crippen LogP contribution in [0.2, 0.25) is 0 Å². The number of nitro groups is 1. The van der Waals surface area contributed by atoms with Crippen molar-refractivity contribution in [2.75, 3.05) is 5.32 Å². The largest absolute Gasteiger partial charge is 0.478 e. The highest BCUT2D eigenvalue weighted by Crippen LogP contribution is 2.34. The van der Waals surface area contributed by atoms with Crippen molar-refractivity contribution in [1.82, 2.24) is 0 Å². The molecular formula is C19H14N2O4. The Hall–Kier alpha value is -3.67. The van der Waals surface area contributed by atoms with Gasteiger partial charge in [-0.3, -0.25) is 10.1 Å². The third-order valence-electron chi connectivity index (χ3n) is 3.72. The van der Waals surface area contributed by atoms with Crippen LogP contribution in [0.25, 0.3) is 11.1 Å². The Morgan fingerprint density at radius 3 is 2.28 bits per heavy atom. The number of anilines is 2. The predicted octanol–water partition coefficient (Wildman–Crippen LogP) is 4.70. The van der Waals surface area contributed by atoms with Crippen molar-refractivity contribution in [3.63, 3.8) is 0 Å². The SMILES string of the molecule is O=C(O)c1ccc([N+](=O)[O-])c(Nc2ccccc2-c2ccccc2)c1. The van der Waals surface area contributed by atoms with Crippen molar-refractivity contribution in [2.45, 2.75) is 0 Å². The fraction of sp³-hybridized carbons (Fsp3) is 0. The average molecular weight is 334 g/mol. The Morgan fingerprint density at radius 1 is 0.920 bits per heavy atom. The van der Waals surface area contributed by atoms with E-state index in [0.29, 0.717) is 5.69 Å². The molecule has 0 bridgehead atoms. The smallest absolute Gasteiger partial charge is 0.335 e. The summed E-state index contributed by atoms with van der Waals surface area (Å²) in [4.78, 5) is 21.9. The molecule has 0 spiro atoms. The van der Waals surface area contributed by atoms with Gasteiger partial charge in [-0.2, -0.15) is 0 Å². The van der Waals surface area contributed by atoms with Crippen LogP contribution < -0.4 is 5.32 Å². The number of benzene rings is 3. The Bertz CT molecular complexity index is 939. The quantitative estimate of drug-likeness (QED) is 0.521. The molecule has 3 aromatic carbocycles. The van der Waals surface area contributed by atoms with Crippen molar-refractivity contribution in [3.05, 3.63) is 88.5 Å². The summed E-state index contributed by atoms with van der Waals surface area (Å²) < 4.78 is 0. The van der Waals surface area contributed by atoms with Gasteiger partial charge in [-0.15, -0.1) is 0 Å². The van der Waals surface area contributed by atoms with Crippen LogP contribution >= 0.6 is 0 Å². The molecule has 124 valence electrons. The molecule has 0 aliphatic heterocycles. The molecular weight excluding hydrogens is 320 g/mol. The molecule has 0 aliphatic carbocycles. The predicted molar refractivity (Wildman–Crippen MR) is 95.2 cm³/mol. The van der Waals surface area contributed by atoms with Gasteiger partial charge in [0.1, 0.15) is 5.69 Å². The van der Waals surface area contributed by atoms with Gasteiger partial charge in [0.15, 0.2) is 0 Å². The minimum Gasteiger partial charge on any atom is -0.478 e. The molecule has 3 aromatic rings. The number of hydrogen-bond acceptors (Lipinski definition) is 4. The molecule has 0 saturated carbocycles. The number of para-hydroxylation sites is 1. The molecule has 0 fully saturated rings. The van der Waals surface area contributed by atoms with E-state index in [1.807, 2.05) is 48.5 Å². The van der Waals surface area contributed by atoms with Gasteiger partial charge in [0.25, 0.3) is 5.69 Å². The fourth-order valence-corrected chi connectivity index (χ4v) is 2.54. The Labute approximate surface area is 143 Å². The van der Waals surface area contributed by atoms with Crippen LogP contribution in [0.1, 0.15) is 10.4 Å². The lowest BCUT2D eigenvalue weighted by Gasteiger charge is -2.13. The van der Waals surface area contributed by atoms with Crippen LogP contribution in [0.4, 0.5) is 17.1 Å². The number of aromatic carboxylic acids is 1. The lowest BCUT2D eigenvalue weighted by Crippen LogP contribution is -2.02. The minimum absolute atomic E-state index is 0.0229. The molecule has 0 aromatic heterocycles. The van der Waals surface area contributed by atoms with Gasteiger partial charge in [0.05, 0.1) is 10.5 Å². The molecule has 6 heteroatoms. The maximum absolute atomic E-state index is 11.3. The highest BCUT2D eigenvalue weighted by atomic mass is 16.6. The van der Waals surface area contributed by atoms with Gasteiger partial charge in [-0.05, 0) is 23.8 Å². The summed E-state index contributed by atoms with van der Waals surface area (Å²) in [6.45, 7) is 0. The van der Waals surface area contributed by atoms with Crippen molar-refractivity contribution < 1.29 is 14.8 Å². The molecule has 0 saturated heterocycles. The Kier molecular flexibility index (Phi) is 4.43. The van der Waals surface area contributed by atoms with Crippen LogP contribution in [0.3, 0.4) is 0 Å². The van der Waals surface area contributed by atoms with Gasteiger partial charge < -0.3 is 10.4 Å². The number of carboxylic acid groups (broad SMARTS) is 1. The van der Waals surface area contributed by atoms with Gasteiger partial charge >= 0.3 is 5.97 Å². The molecule has 6 nitrogen and oxygen atoms in total. The number of nitrogens with zero attached hydrogens (tertiary/aromatic N) is 1. The van der Waals surface area contributed by atoms with E-state index in [0.717, 1.165) is 11.1 Å². The van der Waals surface area contributed by atoms with Crippen LogP contribution in [0.5, 0.6) is 0 Å². The number of nitrogens with one attached hydrogen (secondary N) is 1. The lowest BCUT2D eigenvalue weighted by atomic mass is 10.0. The maximum atomic E-state index is 11.3. The van der Waals surface area contributed by atoms with E-state index in [9.17, 15) is 14.9 Å². The molecule has 3 rings (SSSR count). The number of carbonyl (C=O) groups is 1. The zero-order valence-electron chi connectivity index (χ0n) is 13.0. The standard InChI is InChI=1S/C19H14N2O4/c22-19(23)14-10-11-18(21(24)25)17(12-14)20-16-9-5-4-8-15(16)13-6-2-1-3-7-13/h1-12,20H,(H,22,23). The molecule has 0 atom stereocenters. The second kappa shape index (κ2) is 6.84. The Balaban J connectivity index is 2.08. The van der Waals surface area contributed by atoms with Crippen molar-refractivity contribution in [1.29, 1.82) is 0 Å². The Morgan fingerprint density at radius 2 is 1.60 bits per heavy atom. The summed E-state index contributed by atoms with van der Waals surface area (Å²) in [5, 5.41) is 23.4. The molecule has 0 radical (unpaired) electrons. The summed E-state index contributed by atoms with van der Waals surface area (Å²) in [6, 6.07) is 20.6. The van der Waals surface area contributed by atoms with Crippen LogP contribution in [-0.4, -0.2) is 16.0 Å². The highest BCUT2D eigenvalue weighted by molar-refractivity contribution is 5.91. The first kappa shape index (κ1) is 16.2. The fourth-order valence-electron chi connectivity index (χ4n) is 2.54. The summed E-state index contributed by atoms with van der Waals surface area (Å²) >= 11 is 0. The maximum Gasteiger partial charge on any atom is 0.335 e. The molecule has 0 heterocycles. The van der Waals surface area contributed by atoms with E-state index in [2.05, 4.69) is 5.32 Å². The van der Waals surface area contributed by atoms with E-state index < -0.39 is 10.9 Å². The van der Waals surface area contributed by atoms with E-state index in [-0.39, 0.29) is 16.9 Å². The zero-order valence-corrected chi connectivity index (χ0v) is 13.0. The lowest BCUT2D eigenvalue weighted by molar-refractivity contribution is -0.383. The van der Waals surface area contributed by atoms with E-state index in [1.54, 1.807) is 6.07 Å². The van der Waals surface area contributed by atoms with Crippen molar-refractivity contribution in [2.24, 2.45) is 0 Å². The molecule has 0 aliphatic rings. The second-order valence-corrected chi connectivity index (χ2v) is 5.33. The number of rotatable bonds is 5. The first-order valence-electron chi connectivity index (χ1n) is 7.49. The third kappa shape index (κ3) is 3.48. The van der Waals surface area contributed by atoms with Crippen LogP contribution in [0.15, 0.2) is 72.8 Å². The van der Waals surface area contributed by atoms with E-state index in [1.165, 1.54) is 18.2 Å². The van der Waals surface area contributed by atoms with Crippen molar-refractivity contribution in [3.8, 4) is 11.1 Å². The molecule has 25 heavy (non-hydrogen) atoms. The topological polar surface area (TPSA) is 92.5 Å².